The number of nitrogens with one attached hydrogen (secondary N) is 2. The molecule has 1 unspecified atom stereocenters. The molecule has 1 heterocycles. The Balaban J connectivity index is 2.07. The predicted molar refractivity (Wildman–Crippen MR) is 80.4 cm³/mol. The van der Waals surface area contributed by atoms with Crippen molar-refractivity contribution in [2.75, 3.05) is 17.2 Å². The van der Waals surface area contributed by atoms with Crippen molar-refractivity contribution in [3.63, 3.8) is 0 Å². The van der Waals surface area contributed by atoms with Crippen LogP contribution in [0.3, 0.4) is 0 Å². The zero-order chi connectivity index (χ0) is 14.4. The lowest BCUT2D eigenvalue weighted by Crippen LogP contribution is -2.31. The minimum absolute atomic E-state index is 0.300. The zero-order valence-electron chi connectivity index (χ0n) is 12.5. The molecule has 112 valence electrons. The number of hydrogen-bond donors (Lipinski definition) is 2. The van der Waals surface area contributed by atoms with Crippen LogP contribution in [0.25, 0.3) is 0 Å². The SMILES string of the molecule is CCNc1ncc(F)c(NC(CC)C2CCCCC2)n1. The largest absolute Gasteiger partial charge is 0.364 e. The molecule has 1 aliphatic rings. The van der Waals surface area contributed by atoms with Crippen LogP contribution < -0.4 is 10.6 Å². The molecule has 0 spiro atoms. The van der Waals surface area contributed by atoms with Crippen LogP contribution in [0, 0.1) is 11.7 Å². The molecule has 1 saturated carbocycles. The van der Waals surface area contributed by atoms with Gasteiger partial charge in [-0.15, -0.1) is 0 Å². The monoisotopic (exact) mass is 280 g/mol. The molecule has 1 fully saturated rings. The number of rotatable bonds is 6. The van der Waals surface area contributed by atoms with Gasteiger partial charge in [0.05, 0.1) is 6.20 Å². The summed E-state index contributed by atoms with van der Waals surface area (Å²) >= 11 is 0. The Bertz CT molecular complexity index is 418. The highest BCUT2D eigenvalue weighted by Gasteiger charge is 2.23. The molecular weight excluding hydrogens is 255 g/mol. The van der Waals surface area contributed by atoms with Crippen molar-refractivity contribution in [1.29, 1.82) is 0 Å². The van der Waals surface area contributed by atoms with Gasteiger partial charge in [0.2, 0.25) is 5.95 Å². The van der Waals surface area contributed by atoms with Crippen LogP contribution in [0.2, 0.25) is 0 Å². The van der Waals surface area contributed by atoms with E-state index in [1.165, 1.54) is 38.3 Å². The van der Waals surface area contributed by atoms with Crippen molar-refractivity contribution < 1.29 is 4.39 Å². The number of hydrogen-bond acceptors (Lipinski definition) is 4. The maximum Gasteiger partial charge on any atom is 0.224 e. The Labute approximate surface area is 120 Å². The Morgan fingerprint density at radius 3 is 2.70 bits per heavy atom. The number of halogens is 1. The van der Waals surface area contributed by atoms with E-state index in [1.807, 2.05) is 6.92 Å². The molecular formula is C15H25FN4. The molecule has 0 aliphatic heterocycles. The van der Waals surface area contributed by atoms with Gasteiger partial charge in [-0.3, -0.25) is 0 Å². The first-order valence-corrected chi connectivity index (χ1v) is 7.77. The van der Waals surface area contributed by atoms with E-state index < -0.39 is 0 Å². The molecule has 1 aromatic heterocycles. The molecule has 4 nitrogen and oxygen atoms in total. The van der Waals surface area contributed by atoms with E-state index in [2.05, 4.69) is 27.5 Å². The van der Waals surface area contributed by atoms with Crippen LogP contribution in [0.15, 0.2) is 6.20 Å². The standard InChI is InChI=1S/C15H25FN4/c1-3-13(11-8-6-5-7-9-11)19-14-12(16)10-18-15(20-14)17-4-2/h10-11,13H,3-9H2,1-2H3,(H2,17,18,19,20). The summed E-state index contributed by atoms with van der Waals surface area (Å²) in [5.41, 5.74) is 0. The van der Waals surface area contributed by atoms with Crippen molar-refractivity contribution in [1.82, 2.24) is 9.97 Å². The average Bonchev–Trinajstić information content (AvgIpc) is 2.49. The van der Waals surface area contributed by atoms with Crippen LogP contribution in [-0.2, 0) is 0 Å². The lowest BCUT2D eigenvalue weighted by atomic mass is 9.83. The normalized spacial score (nSPS) is 17.8. The lowest BCUT2D eigenvalue weighted by Gasteiger charge is -2.30. The van der Waals surface area contributed by atoms with E-state index in [0.717, 1.165) is 13.0 Å². The Kier molecular flexibility index (Phi) is 5.56. The molecule has 1 aliphatic carbocycles. The summed E-state index contributed by atoms with van der Waals surface area (Å²) in [6, 6.07) is 0.300. The molecule has 0 amide bonds. The second-order valence-corrected chi connectivity index (χ2v) is 5.48. The van der Waals surface area contributed by atoms with E-state index in [0.29, 0.717) is 23.7 Å². The molecule has 20 heavy (non-hydrogen) atoms. The molecule has 2 rings (SSSR count). The van der Waals surface area contributed by atoms with Gasteiger partial charge in [-0.1, -0.05) is 26.2 Å². The molecule has 2 N–H and O–H groups in total. The third-order valence-corrected chi connectivity index (χ3v) is 4.06. The topological polar surface area (TPSA) is 49.8 Å². The average molecular weight is 280 g/mol. The minimum Gasteiger partial charge on any atom is -0.364 e. The summed E-state index contributed by atoms with van der Waals surface area (Å²) in [6.45, 7) is 4.85. The van der Waals surface area contributed by atoms with Crippen LogP contribution in [-0.4, -0.2) is 22.6 Å². The smallest absolute Gasteiger partial charge is 0.224 e. The van der Waals surface area contributed by atoms with Crippen molar-refractivity contribution in [2.24, 2.45) is 5.92 Å². The predicted octanol–water partition coefficient (Wildman–Crippen LogP) is 3.82. The molecule has 0 aromatic carbocycles. The van der Waals surface area contributed by atoms with E-state index in [-0.39, 0.29) is 5.82 Å². The Hall–Kier alpha value is -1.39. The van der Waals surface area contributed by atoms with Crippen LogP contribution in [0.4, 0.5) is 16.2 Å². The summed E-state index contributed by atoms with van der Waals surface area (Å²) in [4.78, 5) is 8.17. The van der Waals surface area contributed by atoms with E-state index >= 15 is 0 Å². The fourth-order valence-corrected chi connectivity index (χ4v) is 2.98. The second kappa shape index (κ2) is 7.41. The summed E-state index contributed by atoms with van der Waals surface area (Å²) in [5.74, 6) is 1.06. The van der Waals surface area contributed by atoms with Gasteiger partial charge in [-0.25, -0.2) is 9.37 Å². The van der Waals surface area contributed by atoms with E-state index in [4.69, 9.17) is 0 Å². The van der Waals surface area contributed by atoms with E-state index in [9.17, 15) is 4.39 Å². The maximum absolute atomic E-state index is 13.9. The molecule has 0 bridgehead atoms. The van der Waals surface area contributed by atoms with Crippen molar-refractivity contribution in [2.45, 2.75) is 58.4 Å². The second-order valence-electron chi connectivity index (χ2n) is 5.48. The molecule has 0 radical (unpaired) electrons. The van der Waals surface area contributed by atoms with Gasteiger partial charge in [0.25, 0.3) is 0 Å². The zero-order valence-corrected chi connectivity index (χ0v) is 12.5. The van der Waals surface area contributed by atoms with E-state index in [1.54, 1.807) is 0 Å². The Morgan fingerprint density at radius 1 is 1.30 bits per heavy atom. The molecule has 1 aromatic rings. The number of aromatic nitrogens is 2. The fourth-order valence-electron chi connectivity index (χ4n) is 2.98. The third kappa shape index (κ3) is 3.81. The summed E-state index contributed by atoms with van der Waals surface area (Å²) < 4.78 is 13.9. The summed E-state index contributed by atoms with van der Waals surface area (Å²) in [7, 11) is 0. The third-order valence-electron chi connectivity index (χ3n) is 4.06. The highest BCUT2D eigenvalue weighted by atomic mass is 19.1. The van der Waals surface area contributed by atoms with Crippen molar-refractivity contribution >= 4 is 11.8 Å². The van der Waals surface area contributed by atoms with Crippen molar-refractivity contribution in [3.8, 4) is 0 Å². The summed E-state index contributed by atoms with van der Waals surface area (Å²) in [6.07, 6.45) is 8.61. The van der Waals surface area contributed by atoms with Gasteiger partial charge in [0, 0.05) is 12.6 Å². The maximum atomic E-state index is 13.9. The lowest BCUT2D eigenvalue weighted by molar-refractivity contribution is 0.312. The molecule has 1 atom stereocenters. The van der Waals surface area contributed by atoms with Gasteiger partial charge < -0.3 is 10.6 Å². The first kappa shape index (κ1) is 15.0. The first-order chi connectivity index (χ1) is 9.74. The quantitative estimate of drug-likeness (QED) is 0.831. The highest BCUT2D eigenvalue weighted by molar-refractivity contribution is 5.42. The first-order valence-electron chi connectivity index (χ1n) is 7.77. The van der Waals surface area contributed by atoms with Gasteiger partial charge in [0.1, 0.15) is 0 Å². The molecule has 5 heteroatoms. The van der Waals surface area contributed by atoms with Gasteiger partial charge in [-0.05, 0) is 32.1 Å². The van der Waals surface area contributed by atoms with Gasteiger partial charge in [0.15, 0.2) is 11.6 Å². The fraction of sp³-hybridized carbons (Fsp3) is 0.733. The van der Waals surface area contributed by atoms with Crippen LogP contribution in [0.5, 0.6) is 0 Å². The number of anilines is 2. The van der Waals surface area contributed by atoms with Crippen molar-refractivity contribution in [3.05, 3.63) is 12.0 Å². The summed E-state index contributed by atoms with van der Waals surface area (Å²) in [5, 5.41) is 6.32. The molecule has 0 saturated heterocycles. The van der Waals surface area contributed by atoms with Gasteiger partial charge in [-0.2, -0.15) is 4.98 Å². The number of nitrogens with zero attached hydrogens (tertiary/aromatic N) is 2. The Morgan fingerprint density at radius 2 is 2.05 bits per heavy atom. The van der Waals surface area contributed by atoms with Crippen LogP contribution >= 0.6 is 0 Å². The van der Waals surface area contributed by atoms with Gasteiger partial charge >= 0.3 is 0 Å². The van der Waals surface area contributed by atoms with Crippen LogP contribution in [0.1, 0.15) is 52.4 Å². The minimum atomic E-state index is -0.374. The highest BCUT2D eigenvalue weighted by Crippen LogP contribution is 2.29.